The number of carboxylic acid groups (broad SMARTS) is 1. The van der Waals surface area contributed by atoms with Crippen LogP contribution in [0.3, 0.4) is 0 Å². The van der Waals surface area contributed by atoms with Crippen LogP contribution in [-0.4, -0.2) is 41.3 Å². The van der Waals surface area contributed by atoms with Crippen molar-refractivity contribution in [2.75, 3.05) is 13.2 Å². The third-order valence-electron chi connectivity index (χ3n) is 2.62. The minimum Gasteiger partial charge on any atom is -0.494 e. The lowest BCUT2D eigenvalue weighted by Gasteiger charge is -2.08. The predicted octanol–water partition coefficient (Wildman–Crippen LogP) is 0.716. The van der Waals surface area contributed by atoms with Crippen molar-refractivity contribution in [3.8, 4) is 5.75 Å². The Labute approximate surface area is 117 Å². The number of amides is 1. The van der Waals surface area contributed by atoms with E-state index in [4.69, 9.17) is 14.9 Å². The van der Waals surface area contributed by atoms with E-state index < -0.39 is 12.1 Å². The molecule has 110 valence electrons. The van der Waals surface area contributed by atoms with Crippen LogP contribution in [0.5, 0.6) is 5.75 Å². The lowest BCUT2D eigenvalue weighted by atomic mass is 10.2. The summed E-state index contributed by atoms with van der Waals surface area (Å²) in [6, 6.07) is 7.60. The molecular weight excluding hydrogens is 262 g/mol. The summed E-state index contributed by atoms with van der Waals surface area (Å²) < 4.78 is 5.45. The van der Waals surface area contributed by atoms with E-state index in [1.807, 2.05) is 31.2 Å². The number of aryl methyl sites for hydroxylation is 1. The Hall–Kier alpha value is -2.08. The molecule has 0 saturated carbocycles. The molecule has 1 aromatic carbocycles. The number of hydrogen-bond acceptors (Lipinski definition) is 4. The molecule has 0 aliphatic heterocycles. The lowest BCUT2D eigenvalue weighted by Crippen LogP contribution is -2.36. The molecule has 1 aromatic rings. The van der Waals surface area contributed by atoms with Gasteiger partial charge in [0, 0.05) is 6.42 Å². The largest absolute Gasteiger partial charge is 0.494 e. The Bertz CT molecular complexity index is 443. The highest BCUT2D eigenvalue weighted by Gasteiger charge is 2.13. The Morgan fingerprint density at radius 1 is 1.30 bits per heavy atom. The first-order valence-corrected chi connectivity index (χ1v) is 6.36. The first-order valence-electron chi connectivity index (χ1n) is 6.36. The summed E-state index contributed by atoms with van der Waals surface area (Å²) in [4.78, 5) is 21.7. The highest BCUT2D eigenvalue weighted by Crippen LogP contribution is 2.11. The number of hydrogen-bond donors (Lipinski definition) is 3. The van der Waals surface area contributed by atoms with Gasteiger partial charge in [0.2, 0.25) is 5.91 Å². The Morgan fingerprint density at radius 2 is 1.95 bits per heavy atom. The average molecular weight is 281 g/mol. The first-order chi connectivity index (χ1) is 9.49. The summed E-state index contributed by atoms with van der Waals surface area (Å²) >= 11 is 0. The summed E-state index contributed by atoms with van der Waals surface area (Å²) in [6.07, 6.45) is -0.830. The molecule has 0 aliphatic rings. The minimum absolute atomic E-state index is 0.220. The van der Waals surface area contributed by atoms with Crippen LogP contribution >= 0.6 is 0 Å². The third kappa shape index (κ3) is 6.19. The summed E-state index contributed by atoms with van der Waals surface area (Å²) in [5, 5.41) is 19.8. The van der Waals surface area contributed by atoms with Crippen molar-refractivity contribution in [3.05, 3.63) is 29.8 Å². The van der Waals surface area contributed by atoms with Crippen molar-refractivity contribution in [2.24, 2.45) is 0 Å². The Balaban J connectivity index is 2.13. The zero-order valence-electron chi connectivity index (χ0n) is 11.3. The van der Waals surface area contributed by atoms with Crippen molar-refractivity contribution in [3.63, 3.8) is 0 Å². The zero-order chi connectivity index (χ0) is 15.0. The molecule has 20 heavy (non-hydrogen) atoms. The number of aliphatic hydroxyl groups is 1. The van der Waals surface area contributed by atoms with Crippen LogP contribution in [0, 0.1) is 6.92 Å². The molecule has 6 heteroatoms. The summed E-state index contributed by atoms with van der Waals surface area (Å²) in [5.74, 6) is -0.914. The van der Waals surface area contributed by atoms with E-state index in [-0.39, 0.29) is 18.9 Å². The molecule has 0 spiro atoms. The highest BCUT2D eigenvalue weighted by atomic mass is 16.5. The number of carbonyl (C=O) groups is 2. The maximum Gasteiger partial charge on any atom is 0.334 e. The van der Waals surface area contributed by atoms with Gasteiger partial charge < -0.3 is 20.3 Å². The highest BCUT2D eigenvalue weighted by molar-refractivity contribution is 5.77. The first kappa shape index (κ1) is 16.0. The quantitative estimate of drug-likeness (QED) is 0.610. The van der Waals surface area contributed by atoms with Gasteiger partial charge in [0.15, 0.2) is 6.10 Å². The van der Waals surface area contributed by atoms with Crippen LogP contribution in [0.15, 0.2) is 24.3 Å². The number of aliphatic hydroxyl groups excluding tert-OH is 1. The van der Waals surface area contributed by atoms with Crippen molar-refractivity contribution in [2.45, 2.75) is 25.9 Å². The van der Waals surface area contributed by atoms with Gasteiger partial charge >= 0.3 is 5.97 Å². The standard InChI is InChI=1S/C14H19NO5/c1-10-4-6-11(7-5-10)20-8-2-3-13(17)15-9-12(16)14(18)19/h4-7,12,16H,2-3,8-9H2,1H3,(H,15,17)(H,18,19). The van der Waals surface area contributed by atoms with Gasteiger partial charge in [0.25, 0.3) is 0 Å². The number of benzene rings is 1. The van der Waals surface area contributed by atoms with Gasteiger partial charge in [-0.1, -0.05) is 17.7 Å². The number of rotatable bonds is 8. The van der Waals surface area contributed by atoms with Gasteiger partial charge in [-0.2, -0.15) is 0 Å². The van der Waals surface area contributed by atoms with Crippen LogP contribution in [0.4, 0.5) is 0 Å². The number of ether oxygens (including phenoxy) is 1. The second-order valence-electron chi connectivity index (χ2n) is 4.42. The van der Waals surface area contributed by atoms with Crippen LogP contribution in [-0.2, 0) is 9.59 Å². The van der Waals surface area contributed by atoms with Crippen molar-refractivity contribution in [1.29, 1.82) is 0 Å². The van der Waals surface area contributed by atoms with Gasteiger partial charge in [-0.25, -0.2) is 4.79 Å². The maximum absolute atomic E-state index is 11.4. The molecule has 1 amide bonds. The third-order valence-corrected chi connectivity index (χ3v) is 2.62. The number of carbonyl (C=O) groups excluding carboxylic acids is 1. The second kappa shape index (κ2) is 8.16. The van der Waals surface area contributed by atoms with E-state index in [2.05, 4.69) is 5.32 Å². The van der Waals surface area contributed by atoms with E-state index in [9.17, 15) is 9.59 Å². The molecule has 0 aromatic heterocycles. The smallest absolute Gasteiger partial charge is 0.334 e. The predicted molar refractivity (Wildman–Crippen MR) is 72.6 cm³/mol. The molecule has 1 rings (SSSR count). The van der Waals surface area contributed by atoms with Crippen molar-refractivity contribution in [1.82, 2.24) is 5.32 Å². The number of nitrogens with one attached hydrogen (secondary N) is 1. The fourth-order valence-corrected chi connectivity index (χ4v) is 1.44. The fraction of sp³-hybridized carbons (Fsp3) is 0.429. The SMILES string of the molecule is Cc1ccc(OCCCC(=O)NCC(O)C(=O)O)cc1. The van der Waals surface area contributed by atoms with Crippen molar-refractivity contribution < 1.29 is 24.5 Å². The maximum atomic E-state index is 11.4. The van der Waals surface area contributed by atoms with Crippen LogP contribution in [0.2, 0.25) is 0 Å². The lowest BCUT2D eigenvalue weighted by molar-refractivity contribution is -0.146. The Kier molecular flexibility index (Phi) is 6.52. The van der Waals surface area contributed by atoms with Gasteiger partial charge in [-0.05, 0) is 25.5 Å². The van der Waals surface area contributed by atoms with E-state index in [1.165, 1.54) is 0 Å². The van der Waals surface area contributed by atoms with E-state index >= 15 is 0 Å². The Morgan fingerprint density at radius 3 is 2.55 bits per heavy atom. The second-order valence-corrected chi connectivity index (χ2v) is 4.42. The van der Waals surface area contributed by atoms with Gasteiger partial charge in [-0.3, -0.25) is 4.79 Å². The fourth-order valence-electron chi connectivity index (χ4n) is 1.44. The molecule has 1 atom stereocenters. The molecule has 0 radical (unpaired) electrons. The number of aliphatic carboxylic acids is 1. The molecule has 0 fully saturated rings. The molecule has 6 nitrogen and oxygen atoms in total. The molecule has 1 unspecified atom stereocenters. The van der Waals surface area contributed by atoms with Crippen LogP contribution in [0.25, 0.3) is 0 Å². The average Bonchev–Trinajstić information content (AvgIpc) is 2.42. The molecule has 0 aliphatic carbocycles. The minimum atomic E-state index is -1.57. The summed E-state index contributed by atoms with van der Waals surface area (Å²) in [7, 11) is 0. The molecule has 0 bridgehead atoms. The van der Waals surface area contributed by atoms with Crippen molar-refractivity contribution >= 4 is 11.9 Å². The van der Waals surface area contributed by atoms with Gasteiger partial charge in [0.05, 0.1) is 13.2 Å². The summed E-state index contributed by atoms with van der Waals surface area (Å²) in [6.45, 7) is 2.10. The zero-order valence-corrected chi connectivity index (χ0v) is 11.3. The van der Waals surface area contributed by atoms with Crippen LogP contribution in [0.1, 0.15) is 18.4 Å². The normalized spacial score (nSPS) is 11.7. The molecule has 3 N–H and O–H groups in total. The van der Waals surface area contributed by atoms with Gasteiger partial charge in [0.1, 0.15) is 5.75 Å². The topological polar surface area (TPSA) is 95.9 Å². The van der Waals surface area contributed by atoms with E-state index in [0.29, 0.717) is 13.0 Å². The molecule has 0 saturated heterocycles. The van der Waals surface area contributed by atoms with E-state index in [0.717, 1.165) is 11.3 Å². The van der Waals surface area contributed by atoms with Crippen LogP contribution < -0.4 is 10.1 Å². The van der Waals surface area contributed by atoms with Gasteiger partial charge in [-0.15, -0.1) is 0 Å². The molecular formula is C14H19NO5. The van der Waals surface area contributed by atoms with E-state index in [1.54, 1.807) is 0 Å². The summed E-state index contributed by atoms with van der Waals surface area (Å²) in [5.41, 5.74) is 1.15. The molecule has 0 heterocycles. The number of carboxylic acids is 1. The monoisotopic (exact) mass is 281 g/mol.